The van der Waals surface area contributed by atoms with Crippen LogP contribution in [0.5, 0.6) is 28.7 Å². The van der Waals surface area contributed by atoms with E-state index in [1.807, 2.05) is 0 Å². The molecule has 0 aliphatic heterocycles. The third-order valence-corrected chi connectivity index (χ3v) is 3.50. The number of ether oxygens (including phenoxy) is 2. The van der Waals surface area contributed by atoms with Crippen LogP contribution in [0.2, 0.25) is 0 Å². The van der Waals surface area contributed by atoms with Crippen molar-refractivity contribution in [3.05, 3.63) is 40.5 Å². The maximum Gasteiger partial charge on any atom is 0.347 e. The summed E-state index contributed by atoms with van der Waals surface area (Å²) in [6, 6.07) is 3.98. The molecule has 0 amide bonds. The molecule has 0 atom stereocenters. The minimum atomic E-state index is -0.923. The highest BCUT2D eigenvalue weighted by Gasteiger charge is 2.23. The second-order valence-corrected chi connectivity index (χ2v) is 5.15. The fourth-order valence-corrected chi connectivity index (χ4v) is 2.29. The standard InChI is InChI=1S/C17H16O7/c1-8-4-10(23-3)6-13(20)14(8)17(22)24-16-9(2)5-12(19)11(7-18)15(16)21/h4-7,19-21H,1-3H3. The van der Waals surface area contributed by atoms with Gasteiger partial charge in [-0.1, -0.05) is 0 Å². The number of aryl methyl sites for hydroxylation is 2. The van der Waals surface area contributed by atoms with Crippen LogP contribution in [-0.2, 0) is 0 Å². The fourth-order valence-electron chi connectivity index (χ4n) is 2.29. The molecule has 0 aliphatic carbocycles. The summed E-state index contributed by atoms with van der Waals surface area (Å²) >= 11 is 0. The molecular formula is C17H16O7. The van der Waals surface area contributed by atoms with E-state index in [0.717, 1.165) is 0 Å². The average Bonchev–Trinajstić information content (AvgIpc) is 2.50. The van der Waals surface area contributed by atoms with Crippen LogP contribution in [0.25, 0.3) is 0 Å². The number of hydrogen-bond acceptors (Lipinski definition) is 7. The molecule has 126 valence electrons. The first-order chi connectivity index (χ1) is 11.3. The molecule has 2 aromatic rings. The van der Waals surface area contributed by atoms with Gasteiger partial charge in [-0.2, -0.15) is 0 Å². The van der Waals surface area contributed by atoms with Gasteiger partial charge in [-0.25, -0.2) is 4.79 Å². The monoisotopic (exact) mass is 332 g/mol. The van der Waals surface area contributed by atoms with Crippen LogP contribution < -0.4 is 9.47 Å². The van der Waals surface area contributed by atoms with Crippen molar-refractivity contribution in [2.24, 2.45) is 0 Å². The number of aromatic hydroxyl groups is 3. The zero-order valence-corrected chi connectivity index (χ0v) is 13.3. The Morgan fingerprint density at radius 3 is 2.25 bits per heavy atom. The van der Waals surface area contributed by atoms with Crippen molar-refractivity contribution in [2.75, 3.05) is 7.11 Å². The van der Waals surface area contributed by atoms with Crippen LogP contribution in [0.3, 0.4) is 0 Å². The van der Waals surface area contributed by atoms with Gasteiger partial charge in [0.05, 0.1) is 7.11 Å². The Bertz CT molecular complexity index is 801. The van der Waals surface area contributed by atoms with Gasteiger partial charge >= 0.3 is 5.97 Å². The number of phenolic OH excluding ortho intramolecular Hbond substituents is 3. The molecule has 0 aliphatic rings. The second kappa shape index (κ2) is 6.49. The lowest BCUT2D eigenvalue weighted by Crippen LogP contribution is -2.12. The summed E-state index contributed by atoms with van der Waals surface area (Å²) in [6.07, 6.45) is 0.248. The van der Waals surface area contributed by atoms with E-state index in [9.17, 15) is 24.9 Å². The zero-order valence-electron chi connectivity index (χ0n) is 13.3. The van der Waals surface area contributed by atoms with E-state index in [1.54, 1.807) is 6.92 Å². The van der Waals surface area contributed by atoms with Gasteiger partial charge in [-0.3, -0.25) is 4.79 Å². The van der Waals surface area contributed by atoms with Crippen LogP contribution in [0.15, 0.2) is 18.2 Å². The highest BCUT2D eigenvalue weighted by atomic mass is 16.5. The largest absolute Gasteiger partial charge is 0.507 e. The smallest absolute Gasteiger partial charge is 0.347 e. The van der Waals surface area contributed by atoms with Crippen molar-refractivity contribution in [1.82, 2.24) is 0 Å². The van der Waals surface area contributed by atoms with Gasteiger partial charge < -0.3 is 24.8 Å². The Hall–Kier alpha value is -3.22. The molecule has 0 saturated carbocycles. The molecule has 2 aromatic carbocycles. The normalized spacial score (nSPS) is 10.3. The molecule has 7 nitrogen and oxygen atoms in total. The predicted octanol–water partition coefficient (Wildman–Crippen LogP) is 2.46. The molecule has 0 bridgehead atoms. The van der Waals surface area contributed by atoms with Gasteiger partial charge in [0.15, 0.2) is 17.8 Å². The first-order valence-electron chi connectivity index (χ1n) is 6.90. The Labute approximate surface area is 137 Å². The number of phenols is 3. The molecular weight excluding hydrogens is 316 g/mol. The van der Waals surface area contributed by atoms with E-state index in [4.69, 9.17) is 9.47 Å². The number of carbonyl (C=O) groups excluding carboxylic acids is 2. The zero-order chi connectivity index (χ0) is 18.0. The van der Waals surface area contributed by atoms with Crippen molar-refractivity contribution in [3.8, 4) is 28.7 Å². The summed E-state index contributed by atoms with van der Waals surface area (Å²) in [6.45, 7) is 3.07. The van der Waals surface area contributed by atoms with Crippen LogP contribution in [0.1, 0.15) is 31.8 Å². The minimum Gasteiger partial charge on any atom is -0.507 e. The summed E-state index contributed by atoms with van der Waals surface area (Å²) < 4.78 is 10.1. The van der Waals surface area contributed by atoms with Gasteiger partial charge in [-0.05, 0) is 37.1 Å². The lowest BCUT2D eigenvalue weighted by Gasteiger charge is -2.14. The SMILES string of the molecule is COc1cc(C)c(C(=O)Oc2c(C)cc(O)c(C=O)c2O)c(O)c1. The molecule has 0 heterocycles. The number of aldehydes is 1. The van der Waals surface area contributed by atoms with Crippen LogP contribution in [0.4, 0.5) is 0 Å². The molecule has 7 heteroatoms. The molecule has 0 radical (unpaired) electrons. The maximum absolute atomic E-state index is 12.4. The number of hydrogen-bond donors (Lipinski definition) is 3. The van der Waals surface area contributed by atoms with Crippen molar-refractivity contribution in [1.29, 1.82) is 0 Å². The first-order valence-corrected chi connectivity index (χ1v) is 6.90. The van der Waals surface area contributed by atoms with Gasteiger partial charge in [0, 0.05) is 6.07 Å². The summed E-state index contributed by atoms with van der Waals surface area (Å²) in [5.41, 5.74) is 0.160. The summed E-state index contributed by atoms with van der Waals surface area (Å²) in [5.74, 6) is -2.25. The van der Waals surface area contributed by atoms with Crippen LogP contribution in [0, 0.1) is 13.8 Å². The first kappa shape index (κ1) is 17.1. The Morgan fingerprint density at radius 2 is 1.71 bits per heavy atom. The van der Waals surface area contributed by atoms with Crippen molar-refractivity contribution < 1.29 is 34.4 Å². The lowest BCUT2D eigenvalue weighted by molar-refractivity contribution is 0.0723. The molecule has 0 fully saturated rings. The average molecular weight is 332 g/mol. The minimum absolute atomic E-state index is 0.102. The fraction of sp³-hybridized carbons (Fsp3) is 0.176. The Kier molecular flexibility index (Phi) is 4.64. The summed E-state index contributed by atoms with van der Waals surface area (Å²) in [5, 5.41) is 29.6. The predicted molar refractivity (Wildman–Crippen MR) is 84.3 cm³/mol. The van der Waals surface area contributed by atoms with Crippen molar-refractivity contribution in [2.45, 2.75) is 13.8 Å². The third kappa shape index (κ3) is 2.96. The van der Waals surface area contributed by atoms with E-state index in [2.05, 4.69) is 0 Å². The molecule has 0 aromatic heterocycles. The van der Waals surface area contributed by atoms with Gasteiger partial charge in [0.25, 0.3) is 0 Å². The summed E-state index contributed by atoms with van der Waals surface area (Å²) in [4.78, 5) is 23.3. The highest BCUT2D eigenvalue weighted by molar-refractivity contribution is 5.97. The van der Waals surface area contributed by atoms with E-state index in [-0.39, 0.29) is 34.5 Å². The topological polar surface area (TPSA) is 113 Å². The highest BCUT2D eigenvalue weighted by Crippen LogP contribution is 2.39. The Balaban J connectivity index is 2.47. The number of esters is 1. The van der Waals surface area contributed by atoms with E-state index in [1.165, 1.54) is 32.2 Å². The second-order valence-electron chi connectivity index (χ2n) is 5.15. The lowest BCUT2D eigenvalue weighted by atomic mass is 10.1. The molecule has 0 saturated heterocycles. The number of methoxy groups -OCH3 is 1. The number of carbonyl (C=O) groups is 2. The van der Waals surface area contributed by atoms with Gasteiger partial charge in [0.2, 0.25) is 0 Å². The van der Waals surface area contributed by atoms with Crippen LogP contribution >= 0.6 is 0 Å². The summed E-state index contributed by atoms with van der Waals surface area (Å²) in [7, 11) is 1.42. The molecule has 0 spiro atoms. The van der Waals surface area contributed by atoms with Gasteiger partial charge in [-0.15, -0.1) is 0 Å². The van der Waals surface area contributed by atoms with E-state index >= 15 is 0 Å². The Morgan fingerprint density at radius 1 is 1.04 bits per heavy atom. The van der Waals surface area contributed by atoms with E-state index in [0.29, 0.717) is 11.3 Å². The van der Waals surface area contributed by atoms with Gasteiger partial charge in [0.1, 0.15) is 28.4 Å². The third-order valence-electron chi connectivity index (χ3n) is 3.50. The molecule has 3 N–H and O–H groups in total. The number of rotatable bonds is 4. The van der Waals surface area contributed by atoms with Crippen LogP contribution in [-0.4, -0.2) is 34.7 Å². The molecule has 2 rings (SSSR count). The van der Waals surface area contributed by atoms with Crippen molar-refractivity contribution in [3.63, 3.8) is 0 Å². The quantitative estimate of drug-likeness (QED) is 0.448. The van der Waals surface area contributed by atoms with E-state index < -0.39 is 17.5 Å². The molecule has 0 unspecified atom stereocenters. The molecule has 24 heavy (non-hydrogen) atoms. The van der Waals surface area contributed by atoms with Crippen molar-refractivity contribution >= 4 is 12.3 Å². The maximum atomic E-state index is 12.4. The number of benzene rings is 2.